The van der Waals surface area contributed by atoms with Crippen LogP contribution >= 0.6 is 28.1 Å². The molecule has 3 N–H and O–H groups in total. The number of carbonyl (C=O) groups excluding carboxylic acids is 1. The van der Waals surface area contributed by atoms with Crippen molar-refractivity contribution in [3.63, 3.8) is 0 Å². The summed E-state index contributed by atoms with van der Waals surface area (Å²) in [5.74, 6) is -0.877. The van der Waals surface area contributed by atoms with Gasteiger partial charge in [-0.3, -0.25) is 4.79 Å². The van der Waals surface area contributed by atoms with E-state index in [2.05, 4.69) is 21.2 Å². The van der Waals surface area contributed by atoms with E-state index in [-0.39, 0.29) is 16.6 Å². The molecular formula is C13H16BrFN2OS. The fourth-order valence-electron chi connectivity index (χ4n) is 1.86. The van der Waals surface area contributed by atoms with Gasteiger partial charge in [0.25, 0.3) is 0 Å². The number of thiocarbonyl (C=S) groups is 1. The Morgan fingerprint density at radius 3 is 2.47 bits per heavy atom. The number of carbonyl (C=O) groups is 1. The SMILES string of the molecule is CCC(CC)(C(=O)Nc1ccc(Br)cc1F)C(N)=S. The fourth-order valence-corrected chi connectivity index (χ4v) is 2.58. The van der Waals surface area contributed by atoms with Crippen molar-refractivity contribution >= 4 is 44.7 Å². The summed E-state index contributed by atoms with van der Waals surface area (Å²) in [6, 6.07) is 4.43. The minimum Gasteiger partial charge on any atom is -0.392 e. The van der Waals surface area contributed by atoms with E-state index in [0.29, 0.717) is 17.3 Å². The molecule has 0 bridgehead atoms. The lowest BCUT2D eigenvalue weighted by Gasteiger charge is -2.29. The quantitative estimate of drug-likeness (QED) is 0.800. The molecule has 3 nitrogen and oxygen atoms in total. The first-order valence-electron chi connectivity index (χ1n) is 5.93. The monoisotopic (exact) mass is 346 g/mol. The van der Waals surface area contributed by atoms with Crippen LogP contribution in [0.15, 0.2) is 22.7 Å². The maximum atomic E-state index is 13.7. The first kappa shape index (κ1) is 16.0. The number of hydrogen-bond donors (Lipinski definition) is 2. The third-order valence-electron chi connectivity index (χ3n) is 3.29. The highest BCUT2D eigenvalue weighted by atomic mass is 79.9. The second-order valence-corrected chi connectivity index (χ2v) is 5.59. The minimum atomic E-state index is -0.936. The fraction of sp³-hybridized carbons (Fsp3) is 0.385. The van der Waals surface area contributed by atoms with Crippen molar-refractivity contribution in [2.24, 2.45) is 11.1 Å². The van der Waals surface area contributed by atoms with Crippen LogP contribution in [0.2, 0.25) is 0 Å². The topological polar surface area (TPSA) is 55.1 Å². The molecule has 1 amide bonds. The second kappa shape index (κ2) is 6.43. The van der Waals surface area contributed by atoms with Crippen LogP contribution in [0.5, 0.6) is 0 Å². The molecule has 0 atom stereocenters. The molecule has 0 fully saturated rings. The Hall–Kier alpha value is -1.01. The molecule has 0 saturated carbocycles. The van der Waals surface area contributed by atoms with Gasteiger partial charge in [0.1, 0.15) is 5.82 Å². The number of rotatable bonds is 5. The molecule has 6 heteroatoms. The Kier molecular flexibility index (Phi) is 5.43. The summed E-state index contributed by atoms with van der Waals surface area (Å²) < 4.78 is 14.3. The van der Waals surface area contributed by atoms with E-state index in [1.807, 2.05) is 13.8 Å². The highest BCUT2D eigenvalue weighted by Crippen LogP contribution is 2.29. The van der Waals surface area contributed by atoms with Gasteiger partial charge in [-0.2, -0.15) is 0 Å². The van der Waals surface area contributed by atoms with Crippen LogP contribution in [-0.2, 0) is 4.79 Å². The molecule has 104 valence electrons. The predicted molar refractivity (Wildman–Crippen MR) is 82.5 cm³/mol. The van der Waals surface area contributed by atoms with Gasteiger partial charge in [-0.15, -0.1) is 0 Å². The Labute approximate surface area is 125 Å². The highest BCUT2D eigenvalue weighted by Gasteiger charge is 2.38. The molecule has 1 rings (SSSR count). The summed E-state index contributed by atoms with van der Waals surface area (Å²) >= 11 is 8.15. The zero-order valence-corrected chi connectivity index (χ0v) is 13.2. The first-order valence-corrected chi connectivity index (χ1v) is 7.14. The van der Waals surface area contributed by atoms with Crippen LogP contribution in [0, 0.1) is 11.2 Å². The van der Waals surface area contributed by atoms with Crippen LogP contribution in [0.25, 0.3) is 0 Å². The molecular weight excluding hydrogens is 331 g/mol. The van der Waals surface area contributed by atoms with Crippen molar-refractivity contribution < 1.29 is 9.18 Å². The lowest BCUT2D eigenvalue weighted by molar-refractivity contribution is -0.122. The number of amides is 1. The van der Waals surface area contributed by atoms with Gasteiger partial charge in [-0.05, 0) is 31.0 Å². The molecule has 1 aromatic carbocycles. The molecule has 0 aromatic heterocycles. The number of benzene rings is 1. The molecule has 0 aliphatic heterocycles. The summed E-state index contributed by atoms with van der Waals surface area (Å²) in [7, 11) is 0. The van der Waals surface area contributed by atoms with Crippen molar-refractivity contribution in [1.82, 2.24) is 0 Å². The zero-order chi connectivity index (χ0) is 14.6. The summed E-state index contributed by atoms with van der Waals surface area (Å²) in [5.41, 5.74) is 4.86. The Balaban J connectivity index is 3.03. The van der Waals surface area contributed by atoms with E-state index in [0.717, 1.165) is 0 Å². The van der Waals surface area contributed by atoms with Crippen LogP contribution < -0.4 is 11.1 Å². The minimum absolute atomic E-state index is 0.121. The molecule has 0 saturated heterocycles. The lowest BCUT2D eigenvalue weighted by atomic mass is 9.81. The van der Waals surface area contributed by atoms with Crippen molar-refractivity contribution in [3.8, 4) is 0 Å². The number of halogens is 2. The number of anilines is 1. The number of nitrogens with two attached hydrogens (primary N) is 1. The van der Waals surface area contributed by atoms with Crippen LogP contribution in [-0.4, -0.2) is 10.9 Å². The van der Waals surface area contributed by atoms with Crippen molar-refractivity contribution in [2.45, 2.75) is 26.7 Å². The van der Waals surface area contributed by atoms with Gasteiger partial charge in [0.05, 0.1) is 16.1 Å². The van der Waals surface area contributed by atoms with Gasteiger partial charge in [0.15, 0.2) is 0 Å². The molecule has 0 unspecified atom stereocenters. The highest BCUT2D eigenvalue weighted by molar-refractivity contribution is 9.10. The lowest BCUT2D eigenvalue weighted by Crippen LogP contribution is -2.45. The molecule has 0 radical (unpaired) electrons. The Morgan fingerprint density at radius 1 is 1.47 bits per heavy atom. The van der Waals surface area contributed by atoms with Gasteiger partial charge in [0, 0.05) is 4.47 Å². The Bertz CT molecular complexity index is 503. The third-order valence-corrected chi connectivity index (χ3v) is 4.18. The van der Waals surface area contributed by atoms with E-state index in [9.17, 15) is 9.18 Å². The summed E-state index contributed by atoms with van der Waals surface area (Å²) in [5, 5.41) is 2.56. The van der Waals surface area contributed by atoms with E-state index in [1.54, 1.807) is 6.07 Å². The average molecular weight is 347 g/mol. The summed E-state index contributed by atoms with van der Waals surface area (Å²) in [6.45, 7) is 3.67. The molecule has 0 heterocycles. The van der Waals surface area contributed by atoms with Crippen LogP contribution in [0.1, 0.15) is 26.7 Å². The first-order chi connectivity index (χ1) is 8.87. The zero-order valence-electron chi connectivity index (χ0n) is 10.8. The van der Waals surface area contributed by atoms with Crippen molar-refractivity contribution in [2.75, 3.05) is 5.32 Å². The Morgan fingerprint density at radius 2 is 2.05 bits per heavy atom. The van der Waals surface area contributed by atoms with E-state index in [1.165, 1.54) is 12.1 Å². The van der Waals surface area contributed by atoms with Crippen LogP contribution in [0.3, 0.4) is 0 Å². The number of hydrogen-bond acceptors (Lipinski definition) is 2. The summed E-state index contributed by atoms with van der Waals surface area (Å²) in [6.07, 6.45) is 0.950. The summed E-state index contributed by atoms with van der Waals surface area (Å²) in [4.78, 5) is 12.5. The third kappa shape index (κ3) is 3.30. The van der Waals surface area contributed by atoms with E-state index >= 15 is 0 Å². The van der Waals surface area contributed by atoms with Crippen LogP contribution in [0.4, 0.5) is 10.1 Å². The maximum absolute atomic E-state index is 13.7. The van der Waals surface area contributed by atoms with Gasteiger partial charge in [-0.1, -0.05) is 42.0 Å². The smallest absolute Gasteiger partial charge is 0.237 e. The standard InChI is InChI=1S/C13H16BrFN2OS/c1-3-13(4-2,11(16)19)12(18)17-10-6-5-8(14)7-9(10)15/h5-7H,3-4H2,1-2H3,(H2,16,19)(H,17,18). The molecule has 0 aliphatic rings. The maximum Gasteiger partial charge on any atom is 0.237 e. The van der Waals surface area contributed by atoms with E-state index < -0.39 is 11.2 Å². The van der Waals surface area contributed by atoms with E-state index in [4.69, 9.17) is 18.0 Å². The van der Waals surface area contributed by atoms with Crippen molar-refractivity contribution in [3.05, 3.63) is 28.5 Å². The molecule has 0 spiro atoms. The molecule has 0 aliphatic carbocycles. The molecule has 19 heavy (non-hydrogen) atoms. The average Bonchev–Trinajstić information content (AvgIpc) is 2.34. The molecule has 1 aromatic rings. The number of nitrogens with one attached hydrogen (secondary N) is 1. The van der Waals surface area contributed by atoms with Gasteiger partial charge in [0.2, 0.25) is 5.91 Å². The van der Waals surface area contributed by atoms with Crippen molar-refractivity contribution in [1.29, 1.82) is 0 Å². The predicted octanol–water partition coefficient (Wildman–Crippen LogP) is 3.62. The largest absolute Gasteiger partial charge is 0.392 e. The van der Waals surface area contributed by atoms with Gasteiger partial charge in [-0.25, -0.2) is 4.39 Å². The van der Waals surface area contributed by atoms with Gasteiger partial charge < -0.3 is 11.1 Å². The second-order valence-electron chi connectivity index (χ2n) is 4.23. The normalized spacial score (nSPS) is 11.2. The van der Waals surface area contributed by atoms with Gasteiger partial charge >= 0.3 is 0 Å².